The van der Waals surface area contributed by atoms with Crippen molar-refractivity contribution < 1.29 is 19.2 Å². The highest BCUT2D eigenvalue weighted by Crippen LogP contribution is 2.34. The molecule has 4 amide bonds. The van der Waals surface area contributed by atoms with Crippen molar-refractivity contribution in [3.05, 3.63) is 12.2 Å². The molecule has 120 valence electrons. The number of amides is 4. The van der Waals surface area contributed by atoms with Crippen LogP contribution in [0.25, 0.3) is 0 Å². The topological polar surface area (TPSA) is 95.6 Å². The van der Waals surface area contributed by atoms with Crippen molar-refractivity contribution in [2.24, 2.45) is 17.8 Å². The van der Waals surface area contributed by atoms with Crippen LogP contribution in [-0.4, -0.2) is 35.1 Å². The Labute approximate surface area is 129 Å². The SMILES string of the molecule is CC(C)CC(=O)NNC(=O)CN1C(=O)C2CC=CCC2C1=O. The zero-order chi connectivity index (χ0) is 16.3. The van der Waals surface area contributed by atoms with Crippen LogP contribution in [-0.2, 0) is 19.2 Å². The van der Waals surface area contributed by atoms with E-state index < -0.39 is 5.91 Å². The second-order valence-electron chi connectivity index (χ2n) is 6.11. The van der Waals surface area contributed by atoms with E-state index in [4.69, 9.17) is 0 Å². The van der Waals surface area contributed by atoms with Crippen LogP contribution in [0.15, 0.2) is 12.2 Å². The van der Waals surface area contributed by atoms with E-state index in [0.29, 0.717) is 12.8 Å². The van der Waals surface area contributed by atoms with Crippen molar-refractivity contribution in [3.63, 3.8) is 0 Å². The lowest BCUT2D eigenvalue weighted by Crippen LogP contribution is -2.48. The molecule has 0 aromatic rings. The second kappa shape index (κ2) is 6.72. The number of hydrogen-bond acceptors (Lipinski definition) is 4. The molecule has 1 fully saturated rings. The number of imide groups is 1. The molecule has 1 saturated heterocycles. The molecule has 0 aromatic carbocycles. The molecule has 1 aliphatic heterocycles. The van der Waals surface area contributed by atoms with E-state index in [1.165, 1.54) is 0 Å². The van der Waals surface area contributed by atoms with Gasteiger partial charge in [-0.15, -0.1) is 0 Å². The average Bonchev–Trinajstić information content (AvgIpc) is 2.70. The Morgan fingerprint density at radius 3 is 2.09 bits per heavy atom. The molecule has 1 aliphatic carbocycles. The molecular formula is C15H21N3O4. The van der Waals surface area contributed by atoms with Gasteiger partial charge in [0.05, 0.1) is 11.8 Å². The van der Waals surface area contributed by atoms with Crippen LogP contribution >= 0.6 is 0 Å². The zero-order valence-corrected chi connectivity index (χ0v) is 12.8. The molecule has 2 aliphatic rings. The quantitative estimate of drug-likeness (QED) is 0.438. The van der Waals surface area contributed by atoms with Gasteiger partial charge in [-0.1, -0.05) is 26.0 Å². The van der Waals surface area contributed by atoms with Crippen molar-refractivity contribution in [2.45, 2.75) is 33.1 Å². The van der Waals surface area contributed by atoms with Gasteiger partial charge < -0.3 is 0 Å². The molecule has 0 saturated carbocycles. The van der Waals surface area contributed by atoms with E-state index in [1.807, 2.05) is 26.0 Å². The molecular weight excluding hydrogens is 286 g/mol. The summed E-state index contributed by atoms with van der Waals surface area (Å²) in [6.07, 6.45) is 5.15. The Morgan fingerprint density at radius 1 is 1.09 bits per heavy atom. The molecule has 22 heavy (non-hydrogen) atoms. The van der Waals surface area contributed by atoms with E-state index in [-0.39, 0.29) is 48.4 Å². The number of allylic oxidation sites excluding steroid dienone is 2. The van der Waals surface area contributed by atoms with E-state index in [0.717, 1.165) is 4.90 Å². The third kappa shape index (κ3) is 3.52. The number of nitrogens with zero attached hydrogens (tertiary/aromatic N) is 1. The summed E-state index contributed by atoms with van der Waals surface area (Å²) in [5.74, 6) is -2.01. The van der Waals surface area contributed by atoms with Crippen LogP contribution in [0.5, 0.6) is 0 Å². The van der Waals surface area contributed by atoms with Crippen molar-refractivity contribution >= 4 is 23.6 Å². The minimum atomic E-state index is -0.578. The second-order valence-corrected chi connectivity index (χ2v) is 6.11. The summed E-state index contributed by atoms with van der Waals surface area (Å²) < 4.78 is 0. The maximum atomic E-state index is 12.2. The molecule has 2 N–H and O–H groups in total. The van der Waals surface area contributed by atoms with E-state index >= 15 is 0 Å². The lowest BCUT2D eigenvalue weighted by atomic mass is 9.85. The van der Waals surface area contributed by atoms with Crippen LogP contribution in [0.4, 0.5) is 0 Å². The summed E-state index contributed by atoms with van der Waals surface area (Å²) in [6, 6.07) is 0. The van der Waals surface area contributed by atoms with Crippen LogP contribution in [0.1, 0.15) is 33.1 Å². The van der Waals surface area contributed by atoms with Gasteiger partial charge in [0.1, 0.15) is 6.54 Å². The van der Waals surface area contributed by atoms with Gasteiger partial charge in [-0.05, 0) is 18.8 Å². The highest BCUT2D eigenvalue weighted by atomic mass is 16.2. The lowest BCUT2D eigenvalue weighted by Gasteiger charge is -2.15. The zero-order valence-electron chi connectivity index (χ0n) is 12.8. The highest BCUT2D eigenvalue weighted by molar-refractivity contribution is 6.07. The first-order chi connectivity index (χ1) is 10.4. The van der Waals surface area contributed by atoms with Crippen LogP contribution in [0.2, 0.25) is 0 Å². The Kier molecular flexibility index (Phi) is 4.95. The van der Waals surface area contributed by atoms with Crippen LogP contribution in [0.3, 0.4) is 0 Å². The first-order valence-electron chi connectivity index (χ1n) is 7.48. The van der Waals surface area contributed by atoms with Crippen molar-refractivity contribution in [1.29, 1.82) is 0 Å². The Morgan fingerprint density at radius 2 is 1.59 bits per heavy atom. The first kappa shape index (κ1) is 16.2. The summed E-state index contributed by atoms with van der Waals surface area (Å²) >= 11 is 0. The summed E-state index contributed by atoms with van der Waals surface area (Å²) in [5.41, 5.74) is 4.52. The molecule has 2 atom stereocenters. The minimum absolute atomic E-state index is 0.175. The summed E-state index contributed by atoms with van der Waals surface area (Å²) in [4.78, 5) is 48.6. The summed E-state index contributed by atoms with van der Waals surface area (Å²) in [6.45, 7) is 3.42. The highest BCUT2D eigenvalue weighted by Gasteiger charge is 2.47. The van der Waals surface area contributed by atoms with Gasteiger partial charge in [0, 0.05) is 6.42 Å². The molecule has 7 heteroatoms. The first-order valence-corrected chi connectivity index (χ1v) is 7.48. The number of fused-ring (bicyclic) bond motifs is 1. The Balaban J connectivity index is 1.85. The number of hydrazine groups is 1. The largest absolute Gasteiger partial charge is 0.274 e. The van der Waals surface area contributed by atoms with E-state index in [1.54, 1.807) is 0 Å². The standard InChI is InChI=1S/C15H21N3O4/c1-9(2)7-12(19)16-17-13(20)8-18-14(21)10-5-3-4-6-11(10)15(18)22/h3-4,9-11H,5-8H2,1-2H3,(H,16,19)(H,17,20). The fraction of sp³-hybridized carbons (Fsp3) is 0.600. The Hall–Kier alpha value is -2.18. The maximum absolute atomic E-state index is 12.2. The summed E-state index contributed by atoms with van der Waals surface area (Å²) in [5, 5.41) is 0. The monoisotopic (exact) mass is 307 g/mol. The fourth-order valence-corrected chi connectivity index (χ4v) is 2.77. The Bertz CT molecular complexity index is 501. The smallest absolute Gasteiger partial charge is 0.258 e. The van der Waals surface area contributed by atoms with Gasteiger partial charge in [0.2, 0.25) is 17.7 Å². The van der Waals surface area contributed by atoms with Crippen LogP contribution < -0.4 is 10.9 Å². The van der Waals surface area contributed by atoms with Gasteiger partial charge in [-0.2, -0.15) is 0 Å². The number of rotatable bonds is 4. The van der Waals surface area contributed by atoms with Crippen LogP contribution in [0, 0.1) is 17.8 Å². The molecule has 7 nitrogen and oxygen atoms in total. The number of nitrogens with one attached hydrogen (secondary N) is 2. The predicted molar refractivity (Wildman–Crippen MR) is 77.8 cm³/mol. The maximum Gasteiger partial charge on any atom is 0.258 e. The van der Waals surface area contributed by atoms with E-state index in [9.17, 15) is 19.2 Å². The van der Waals surface area contributed by atoms with Gasteiger partial charge in [0.15, 0.2) is 0 Å². The third-order valence-corrected chi connectivity index (χ3v) is 3.84. The third-order valence-electron chi connectivity index (χ3n) is 3.84. The number of likely N-dealkylation sites (tertiary alicyclic amines) is 1. The van der Waals surface area contributed by atoms with Gasteiger partial charge in [0.25, 0.3) is 5.91 Å². The molecule has 0 radical (unpaired) electrons. The van der Waals surface area contributed by atoms with Gasteiger partial charge in [-0.25, -0.2) is 0 Å². The molecule has 2 unspecified atom stereocenters. The minimum Gasteiger partial charge on any atom is -0.274 e. The molecule has 0 aromatic heterocycles. The van der Waals surface area contributed by atoms with Crippen molar-refractivity contribution in [3.8, 4) is 0 Å². The number of hydrogen-bond donors (Lipinski definition) is 2. The summed E-state index contributed by atoms with van der Waals surface area (Å²) in [7, 11) is 0. The lowest BCUT2D eigenvalue weighted by molar-refractivity contribution is -0.144. The molecule has 2 rings (SSSR count). The van der Waals surface area contributed by atoms with Gasteiger partial charge in [-0.3, -0.25) is 34.9 Å². The number of carbonyl (C=O) groups is 4. The number of carbonyl (C=O) groups excluding carboxylic acids is 4. The molecule has 0 spiro atoms. The molecule has 1 heterocycles. The predicted octanol–water partition coefficient (Wildman–Crippen LogP) is 0.131. The normalized spacial score (nSPS) is 23.7. The molecule has 0 bridgehead atoms. The van der Waals surface area contributed by atoms with Crippen molar-refractivity contribution in [2.75, 3.05) is 6.54 Å². The van der Waals surface area contributed by atoms with E-state index in [2.05, 4.69) is 10.9 Å². The van der Waals surface area contributed by atoms with Crippen molar-refractivity contribution in [1.82, 2.24) is 15.8 Å². The average molecular weight is 307 g/mol. The fourth-order valence-electron chi connectivity index (χ4n) is 2.77. The van der Waals surface area contributed by atoms with Gasteiger partial charge >= 0.3 is 0 Å².